The predicted molar refractivity (Wildman–Crippen MR) is 44.4 cm³/mol. The van der Waals surface area contributed by atoms with E-state index in [9.17, 15) is 5.11 Å². The first-order valence-corrected chi connectivity index (χ1v) is 4.22. The van der Waals surface area contributed by atoms with E-state index in [1.165, 1.54) is 0 Å². The predicted octanol–water partition coefficient (Wildman–Crippen LogP) is 1.57. The summed E-state index contributed by atoms with van der Waals surface area (Å²) in [6.07, 6.45) is 0.736. The highest BCUT2D eigenvalue weighted by molar-refractivity contribution is 4.98. The second kappa shape index (κ2) is 2.46. The van der Waals surface area contributed by atoms with Gasteiger partial charge < -0.3 is 9.84 Å². The van der Waals surface area contributed by atoms with Crippen LogP contribution >= 0.6 is 0 Å². The Balaban J connectivity index is 2.81. The summed E-state index contributed by atoms with van der Waals surface area (Å²) < 4.78 is 5.34. The molecule has 0 radical (unpaired) electrons. The number of ether oxygens (including phenoxy) is 1. The fourth-order valence-corrected chi connectivity index (χ4v) is 1.72. The van der Waals surface area contributed by atoms with Crippen LogP contribution in [0.4, 0.5) is 0 Å². The van der Waals surface area contributed by atoms with Crippen LogP contribution in [0.15, 0.2) is 0 Å². The standard InChI is InChI=1S/C9H18O2/c1-7-9(10,5-6-11-7)8(2,3)4/h7,10H,5-6H2,1-4H3/t7-,9+/m1/s1. The van der Waals surface area contributed by atoms with E-state index in [1.807, 2.05) is 6.92 Å². The Morgan fingerprint density at radius 3 is 2.18 bits per heavy atom. The lowest BCUT2D eigenvalue weighted by atomic mass is 9.73. The third-order valence-corrected chi connectivity index (χ3v) is 2.82. The highest BCUT2D eigenvalue weighted by atomic mass is 16.5. The Bertz CT molecular complexity index is 148. The maximum atomic E-state index is 10.2. The minimum absolute atomic E-state index is 0.0255. The van der Waals surface area contributed by atoms with E-state index in [1.54, 1.807) is 0 Å². The van der Waals surface area contributed by atoms with Crippen molar-refractivity contribution in [3.8, 4) is 0 Å². The molecule has 0 amide bonds. The van der Waals surface area contributed by atoms with Crippen LogP contribution in [0.3, 0.4) is 0 Å². The van der Waals surface area contributed by atoms with Crippen LogP contribution < -0.4 is 0 Å². The van der Waals surface area contributed by atoms with E-state index >= 15 is 0 Å². The Morgan fingerprint density at radius 2 is 2.00 bits per heavy atom. The van der Waals surface area contributed by atoms with Crippen LogP contribution in [0.2, 0.25) is 0 Å². The second-order valence-corrected chi connectivity index (χ2v) is 4.44. The number of rotatable bonds is 0. The number of aliphatic hydroxyl groups is 1. The molecule has 0 aromatic rings. The highest BCUT2D eigenvalue weighted by Crippen LogP contribution is 2.40. The van der Waals surface area contributed by atoms with Gasteiger partial charge in [-0.25, -0.2) is 0 Å². The van der Waals surface area contributed by atoms with Gasteiger partial charge in [0.1, 0.15) is 0 Å². The molecule has 0 bridgehead atoms. The van der Waals surface area contributed by atoms with E-state index in [0.717, 1.165) is 6.42 Å². The van der Waals surface area contributed by atoms with Gasteiger partial charge in [-0.2, -0.15) is 0 Å². The third kappa shape index (κ3) is 1.30. The smallest absolute Gasteiger partial charge is 0.0975 e. The zero-order valence-electron chi connectivity index (χ0n) is 7.85. The van der Waals surface area contributed by atoms with Crippen LogP contribution in [0.1, 0.15) is 34.1 Å². The maximum Gasteiger partial charge on any atom is 0.0975 e. The molecule has 0 aliphatic carbocycles. The Labute approximate surface area is 68.6 Å². The summed E-state index contributed by atoms with van der Waals surface area (Å²) in [5, 5.41) is 10.2. The molecule has 11 heavy (non-hydrogen) atoms. The van der Waals surface area contributed by atoms with Crippen molar-refractivity contribution in [2.45, 2.75) is 45.8 Å². The molecule has 1 saturated heterocycles. The fraction of sp³-hybridized carbons (Fsp3) is 1.00. The van der Waals surface area contributed by atoms with E-state index in [2.05, 4.69) is 20.8 Å². The van der Waals surface area contributed by atoms with Crippen molar-refractivity contribution in [2.75, 3.05) is 6.61 Å². The van der Waals surface area contributed by atoms with Crippen molar-refractivity contribution in [1.29, 1.82) is 0 Å². The SMILES string of the molecule is C[C@H]1OCC[C@@]1(O)C(C)(C)C. The molecule has 0 aromatic heterocycles. The number of hydrogen-bond acceptors (Lipinski definition) is 2. The molecule has 1 heterocycles. The minimum atomic E-state index is -0.632. The average Bonchev–Trinajstić information content (AvgIpc) is 2.12. The first-order chi connectivity index (χ1) is 4.88. The average molecular weight is 158 g/mol. The summed E-state index contributed by atoms with van der Waals surface area (Å²) in [5.74, 6) is 0. The monoisotopic (exact) mass is 158 g/mol. The summed E-state index contributed by atoms with van der Waals surface area (Å²) in [5.41, 5.74) is -0.712. The molecular formula is C9H18O2. The molecule has 0 unspecified atom stereocenters. The molecule has 1 rings (SSSR count). The first kappa shape index (κ1) is 9.01. The molecule has 66 valence electrons. The van der Waals surface area contributed by atoms with Crippen molar-refractivity contribution in [3.63, 3.8) is 0 Å². The van der Waals surface area contributed by atoms with E-state index < -0.39 is 5.60 Å². The topological polar surface area (TPSA) is 29.5 Å². The lowest BCUT2D eigenvalue weighted by molar-refractivity contribution is -0.0992. The zero-order valence-corrected chi connectivity index (χ0v) is 7.85. The lowest BCUT2D eigenvalue weighted by Crippen LogP contribution is -2.48. The molecule has 0 saturated carbocycles. The Kier molecular flexibility index (Phi) is 2.01. The van der Waals surface area contributed by atoms with Gasteiger partial charge in [-0.1, -0.05) is 20.8 Å². The van der Waals surface area contributed by atoms with Crippen molar-refractivity contribution in [1.82, 2.24) is 0 Å². The van der Waals surface area contributed by atoms with E-state index in [4.69, 9.17) is 4.74 Å². The summed E-state index contributed by atoms with van der Waals surface area (Å²) in [6.45, 7) is 8.79. The van der Waals surface area contributed by atoms with Crippen LogP contribution in [0, 0.1) is 5.41 Å². The fourth-order valence-electron chi connectivity index (χ4n) is 1.72. The molecule has 2 atom stereocenters. The van der Waals surface area contributed by atoms with E-state index in [-0.39, 0.29) is 11.5 Å². The minimum Gasteiger partial charge on any atom is -0.387 e. The normalized spacial score (nSPS) is 39.5. The molecule has 1 fully saturated rings. The van der Waals surface area contributed by atoms with Crippen LogP contribution in [0.25, 0.3) is 0 Å². The molecule has 1 N–H and O–H groups in total. The lowest BCUT2D eigenvalue weighted by Gasteiger charge is -2.39. The quantitative estimate of drug-likeness (QED) is 0.580. The Morgan fingerprint density at radius 1 is 1.45 bits per heavy atom. The summed E-state index contributed by atoms with van der Waals surface area (Å²) in [6, 6.07) is 0. The Hall–Kier alpha value is -0.0800. The third-order valence-electron chi connectivity index (χ3n) is 2.82. The molecule has 1 aliphatic rings. The van der Waals surface area contributed by atoms with Gasteiger partial charge in [0.2, 0.25) is 0 Å². The van der Waals surface area contributed by atoms with Crippen molar-refractivity contribution in [2.24, 2.45) is 5.41 Å². The largest absolute Gasteiger partial charge is 0.387 e. The van der Waals surface area contributed by atoms with Gasteiger partial charge in [0, 0.05) is 13.0 Å². The van der Waals surface area contributed by atoms with Crippen molar-refractivity contribution in [3.05, 3.63) is 0 Å². The first-order valence-electron chi connectivity index (χ1n) is 4.22. The molecule has 2 nitrogen and oxygen atoms in total. The van der Waals surface area contributed by atoms with E-state index in [0.29, 0.717) is 6.61 Å². The highest BCUT2D eigenvalue weighted by Gasteiger charge is 2.48. The van der Waals surface area contributed by atoms with Gasteiger partial charge in [-0.15, -0.1) is 0 Å². The summed E-state index contributed by atoms with van der Waals surface area (Å²) >= 11 is 0. The second-order valence-electron chi connectivity index (χ2n) is 4.44. The zero-order chi connectivity index (χ0) is 8.70. The summed E-state index contributed by atoms with van der Waals surface area (Å²) in [4.78, 5) is 0. The van der Waals surface area contributed by atoms with Gasteiger partial charge in [0.25, 0.3) is 0 Å². The van der Waals surface area contributed by atoms with Gasteiger partial charge in [0.15, 0.2) is 0 Å². The molecule has 1 aliphatic heterocycles. The molecular weight excluding hydrogens is 140 g/mol. The van der Waals surface area contributed by atoms with Gasteiger partial charge in [0.05, 0.1) is 11.7 Å². The van der Waals surface area contributed by atoms with Crippen LogP contribution in [-0.4, -0.2) is 23.4 Å². The van der Waals surface area contributed by atoms with Gasteiger partial charge in [-0.05, 0) is 12.3 Å². The van der Waals surface area contributed by atoms with Crippen LogP contribution in [-0.2, 0) is 4.74 Å². The van der Waals surface area contributed by atoms with Crippen LogP contribution in [0.5, 0.6) is 0 Å². The summed E-state index contributed by atoms with van der Waals surface area (Å²) in [7, 11) is 0. The van der Waals surface area contributed by atoms with Gasteiger partial charge >= 0.3 is 0 Å². The molecule has 2 heteroatoms. The van der Waals surface area contributed by atoms with Crippen molar-refractivity contribution < 1.29 is 9.84 Å². The maximum absolute atomic E-state index is 10.2. The molecule has 0 aromatic carbocycles. The van der Waals surface area contributed by atoms with Gasteiger partial charge in [-0.3, -0.25) is 0 Å². The van der Waals surface area contributed by atoms with Crippen molar-refractivity contribution >= 4 is 0 Å². The number of hydrogen-bond donors (Lipinski definition) is 1. The molecule has 0 spiro atoms.